The number of carbonyl (C=O) groups excluding carboxylic acids is 5. The van der Waals surface area contributed by atoms with E-state index in [0.717, 1.165) is 23.5 Å². The van der Waals surface area contributed by atoms with Crippen LogP contribution in [-0.2, 0) is 44.5 Å². The molecule has 4 rings (SSSR count). The maximum atomic E-state index is 14.5. The van der Waals surface area contributed by atoms with E-state index < -0.39 is 41.8 Å². The van der Waals surface area contributed by atoms with Crippen molar-refractivity contribution in [3.05, 3.63) is 113 Å². The summed E-state index contributed by atoms with van der Waals surface area (Å²) < 4.78 is 21.6. The summed E-state index contributed by atoms with van der Waals surface area (Å²) in [7, 11) is 0. The van der Waals surface area contributed by atoms with E-state index in [1.165, 1.54) is 0 Å². The minimum Gasteiger partial charge on any atom is -0.453 e. The maximum Gasteiger partial charge on any atom is 0.417 e. The molecule has 11 nitrogen and oxygen atoms in total. The molecule has 1 aliphatic rings. The Kier molecular flexibility index (Phi) is 14.6. The van der Waals surface area contributed by atoms with Gasteiger partial charge in [-0.25, -0.2) is 9.69 Å². The van der Waals surface area contributed by atoms with Gasteiger partial charge in [-0.3, -0.25) is 19.2 Å². The summed E-state index contributed by atoms with van der Waals surface area (Å²) in [5, 5.41) is 8.81. The number of carbonyl (C=O) groups is 5. The van der Waals surface area contributed by atoms with Gasteiger partial charge in [0.1, 0.15) is 12.6 Å². The lowest BCUT2D eigenvalue weighted by Gasteiger charge is -2.29. The Balaban J connectivity index is 1.68. The molecular weight excluding hydrogens is 642 g/mol. The third-order valence-electron chi connectivity index (χ3n) is 8.07. The summed E-state index contributed by atoms with van der Waals surface area (Å²) in [4.78, 5) is 69.0. The predicted octanol–water partition coefficient (Wildman–Crippen LogP) is 4.83. The highest BCUT2D eigenvalue weighted by Gasteiger charge is 2.46. The first kappa shape index (κ1) is 37.8. The number of hydrogen-bond acceptors (Lipinski definition) is 10. The van der Waals surface area contributed by atoms with Gasteiger partial charge >= 0.3 is 12.1 Å². The first-order valence-corrected chi connectivity index (χ1v) is 16.6. The number of amides is 2. The number of imide groups is 1. The number of ether oxygens (including phenoxy) is 4. The average molecular weight is 686 g/mol. The second-order valence-electron chi connectivity index (χ2n) is 11.8. The lowest BCUT2D eigenvalue weighted by Crippen LogP contribution is -2.47. The number of Topliss-reactive ketones (excluding diaryl/α,β-unsaturated/α-hetero) is 1. The Bertz CT molecular complexity index is 1640. The van der Waals surface area contributed by atoms with Crippen LogP contribution in [-0.4, -0.2) is 85.3 Å². The van der Waals surface area contributed by atoms with Gasteiger partial charge in [-0.1, -0.05) is 90.5 Å². The van der Waals surface area contributed by atoms with Crippen LogP contribution in [0.1, 0.15) is 48.1 Å². The molecule has 264 valence electrons. The predicted molar refractivity (Wildman–Crippen MR) is 184 cm³/mol. The molecule has 0 aliphatic carbocycles. The second-order valence-corrected chi connectivity index (χ2v) is 11.8. The Hall–Kier alpha value is -4.97. The Labute approximate surface area is 291 Å². The molecule has 1 saturated heterocycles. The zero-order valence-corrected chi connectivity index (χ0v) is 28.3. The van der Waals surface area contributed by atoms with Crippen LogP contribution in [0.3, 0.4) is 0 Å². The summed E-state index contributed by atoms with van der Waals surface area (Å²) in [6.45, 7) is 3.90. The van der Waals surface area contributed by atoms with E-state index in [-0.39, 0.29) is 50.6 Å². The quantitative estimate of drug-likeness (QED) is 0.106. The minimum absolute atomic E-state index is 0.0461. The van der Waals surface area contributed by atoms with E-state index in [0.29, 0.717) is 36.3 Å². The largest absolute Gasteiger partial charge is 0.453 e. The van der Waals surface area contributed by atoms with Gasteiger partial charge in [0.2, 0.25) is 5.91 Å². The highest BCUT2D eigenvalue weighted by molar-refractivity contribution is 6.25. The van der Waals surface area contributed by atoms with Crippen molar-refractivity contribution in [2.45, 2.75) is 45.3 Å². The van der Waals surface area contributed by atoms with Gasteiger partial charge in [0.15, 0.2) is 17.7 Å². The lowest BCUT2D eigenvalue weighted by atomic mass is 9.87. The molecule has 2 amide bonds. The van der Waals surface area contributed by atoms with Gasteiger partial charge in [0.05, 0.1) is 32.3 Å². The van der Waals surface area contributed by atoms with Crippen molar-refractivity contribution in [2.75, 3.05) is 39.6 Å². The van der Waals surface area contributed by atoms with Crippen LogP contribution in [0.4, 0.5) is 4.79 Å². The smallest absolute Gasteiger partial charge is 0.417 e. The summed E-state index contributed by atoms with van der Waals surface area (Å²) >= 11 is 0. The molecule has 0 saturated carbocycles. The van der Waals surface area contributed by atoms with E-state index >= 15 is 0 Å². The number of allylic oxidation sites excluding steroid dienone is 1. The number of aryl methyl sites for hydroxylation is 1. The number of aliphatic hydroxyl groups is 1. The Morgan fingerprint density at radius 1 is 0.920 bits per heavy atom. The van der Waals surface area contributed by atoms with Gasteiger partial charge in [0.25, 0.3) is 0 Å². The van der Waals surface area contributed by atoms with E-state index in [1.54, 1.807) is 72.8 Å². The van der Waals surface area contributed by atoms with E-state index in [1.807, 2.05) is 19.1 Å². The Morgan fingerprint density at radius 3 is 2.26 bits per heavy atom. The number of ketones is 2. The van der Waals surface area contributed by atoms with E-state index in [9.17, 15) is 24.0 Å². The first-order chi connectivity index (χ1) is 24.2. The normalized spacial score (nSPS) is 15.7. The third kappa shape index (κ3) is 10.8. The van der Waals surface area contributed by atoms with Gasteiger partial charge in [0, 0.05) is 25.5 Å². The topological polar surface area (TPSA) is 146 Å². The molecule has 11 heteroatoms. The molecule has 0 bridgehead atoms. The molecule has 0 spiro atoms. The molecule has 1 fully saturated rings. The van der Waals surface area contributed by atoms with Gasteiger partial charge in [-0.05, 0) is 42.5 Å². The molecule has 1 heterocycles. The number of cyclic esters (lactones) is 1. The van der Waals surface area contributed by atoms with Crippen LogP contribution < -0.4 is 0 Å². The highest BCUT2D eigenvalue weighted by Crippen LogP contribution is 2.32. The van der Waals surface area contributed by atoms with Crippen molar-refractivity contribution in [3.8, 4) is 0 Å². The van der Waals surface area contributed by atoms with Crippen molar-refractivity contribution in [1.29, 1.82) is 0 Å². The van der Waals surface area contributed by atoms with Crippen LogP contribution in [0.5, 0.6) is 0 Å². The van der Waals surface area contributed by atoms with Crippen molar-refractivity contribution < 1.29 is 48.0 Å². The molecule has 50 heavy (non-hydrogen) atoms. The molecule has 1 N–H and O–H groups in total. The average Bonchev–Trinajstić information content (AvgIpc) is 3.51. The number of esters is 1. The van der Waals surface area contributed by atoms with Crippen LogP contribution >= 0.6 is 0 Å². The summed E-state index contributed by atoms with van der Waals surface area (Å²) in [5.41, 5.74) is 2.76. The highest BCUT2D eigenvalue weighted by atomic mass is 16.6. The summed E-state index contributed by atoms with van der Waals surface area (Å²) in [6.07, 6.45) is -1.04. The number of hydrogen-bond donors (Lipinski definition) is 1. The fourth-order valence-electron chi connectivity index (χ4n) is 5.69. The second kappa shape index (κ2) is 19.3. The molecule has 1 aliphatic heterocycles. The summed E-state index contributed by atoms with van der Waals surface area (Å²) in [6, 6.07) is 24.1. The number of benzene rings is 3. The molecule has 3 aromatic rings. The van der Waals surface area contributed by atoms with E-state index in [2.05, 4.69) is 0 Å². The van der Waals surface area contributed by atoms with Crippen molar-refractivity contribution in [1.82, 2.24) is 4.90 Å². The lowest BCUT2D eigenvalue weighted by molar-refractivity contribution is -0.158. The number of aliphatic hydroxyl groups excluding tert-OH is 1. The molecule has 0 radical (unpaired) electrons. The van der Waals surface area contributed by atoms with Crippen LogP contribution in [0.15, 0.2) is 91.0 Å². The molecule has 3 aromatic carbocycles. The van der Waals surface area contributed by atoms with Crippen LogP contribution in [0.25, 0.3) is 5.57 Å². The maximum absolute atomic E-state index is 14.5. The van der Waals surface area contributed by atoms with Gasteiger partial charge < -0.3 is 24.1 Å². The van der Waals surface area contributed by atoms with Crippen molar-refractivity contribution in [2.24, 2.45) is 5.92 Å². The monoisotopic (exact) mass is 685 g/mol. The minimum atomic E-state index is -1.67. The molecule has 0 unspecified atom stereocenters. The van der Waals surface area contributed by atoms with Crippen LogP contribution in [0.2, 0.25) is 0 Å². The molecule has 0 aromatic heterocycles. The van der Waals surface area contributed by atoms with Gasteiger partial charge in [-0.2, -0.15) is 0 Å². The van der Waals surface area contributed by atoms with E-state index in [4.69, 9.17) is 24.1 Å². The first-order valence-electron chi connectivity index (χ1n) is 16.6. The standard InChI is InChI=1S/C39H43NO10/c1-27-11-9-16-31(23-27)32(35(43)17-10-19-47-21-22-48-20-18-41)25-36(44)37(50-28(2)42)33(24-29-12-5-3-6-13-29)38(45)40-34(26-49-39(40)46)30-14-7-4-8-15-30/h3-9,11-16,23,25,33-34,37,41H,10,17-22,24,26H2,1-2H3/t33-,34+,37-/m1/s1. The Morgan fingerprint density at radius 2 is 1.60 bits per heavy atom. The fraction of sp³-hybridized carbons (Fsp3) is 0.359. The molecule has 3 atom stereocenters. The summed E-state index contributed by atoms with van der Waals surface area (Å²) in [5.74, 6) is -4.02. The zero-order chi connectivity index (χ0) is 35.9. The van der Waals surface area contributed by atoms with Gasteiger partial charge in [-0.15, -0.1) is 0 Å². The third-order valence-corrected chi connectivity index (χ3v) is 8.07. The zero-order valence-electron chi connectivity index (χ0n) is 28.3. The SMILES string of the molecule is CC(=O)O[C@@H](C(=O)C=C(C(=O)CCCOCCOCCO)c1cccc(C)c1)[C@@H](Cc1ccccc1)C(=O)N1C(=O)OC[C@H]1c1ccccc1. The number of nitrogens with zero attached hydrogens (tertiary/aromatic N) is 1. The van der Waals surface area contributed by atoms with Crippen molar-refractivity contribution >= 4 is 35.1 Å². The molecular formula is C39H43NO10. The fourth-order valence-corrected chi connectivity index (χ4v) is 5.69. The van der Waals surface area contributed by atoms with Crippen molar-refractivity contribution in [3.63, 3.8) is 0 Å². The van der Waals surface area contributed by atoms with Crippen LogP contribution in [0, 0.1) is 12.8 Å². The number of rotatable bonds is 19.